The van der Waals surface area contributed by atoms with E-state index in [0.29, 0.717) is 11.7 Å². The molecule has 3 atom stereocenters. The highest BCUT2D eigenvalue weighted by atomic mass is 32.2. The summed E-state index contributed by atoms with van der Waals surface area (Å²) in [4.78, 5) is 0. The number of nitrogens with one attached hydrogen (secondary N) is 1. The molecule has 0 saturated heterocycles. The summed E-state index contributed by atoms with van der Waals surface area (Å²) in [5.74, 6) is 1.16. The van der Waals surface area contributed by atoms with E-state index in [-0.39, 0.29) is 17.2 Å². The maximum atomic E-state index is 12.7. The van der Waals surface area contributed by atoms with E-state index in [1.807, 2.05) is 13.8 Å². The van der Waals surface area contributed by atoms with Crippen LogP contribution in [0.3, 0.4) is 0 Å². The molecule has 1 aliphatic carbocycles. The van der Waals surface area contributed by atoms with Gasteiger partial charge in [-0.3, -0.25) is 0 Å². The minimum absolute atomic E-state index is 0.165. The Bertz CT molecular complexity index is 365. The van der Waals surface area contributed by atoms with Gasteiger partial charge in [0.15, 0.2) is 9.84 Å². The van der Waals surface area contributed by atoms with Crippen LogP contribution in [0.2, 0.25) is 0 Å². The number of sulfone groups is 1. The first-order chi connectivity index (χ1) is 9.40. The third kappa shape index (κ3) is 5.36. The zero-order valence-corrected chi connectivity index (χ0v) is 14.5. The zero-order chi connectivity index (χ0) is 15.2. The molecule has 20 heavy (non-hydrogen) atoms. The predicted molar refractivity (Wildman–Crippen MR) is 86.7 cm³/mol. The van der Waals surface area contributed by atoms with Crippen molar-refractivity contribution in [3.8, 4) is 0 Å². The van der Waals surface area contributed by atoms with Crippen molar-refractivity contribution in [1.82, 2.24) is 5.32 Å². The van der Waals surface area contributed by atoms with Gasteiger partial charge in [-0.2, -0.15) is 0 Å². The predicted octanol–water partition coefficient (Wildman–Crippen LogP) is 3.39. The first-order valence-corrected chi connectivity index (χ1v) is 10.1. The topological polar surface area (TPSA) is 46.2 Å². The van der Waals surface area contributed by atoms with Crippen LogP contribution in [0.15, 0.2) is 0 Å². The normalized spacial score (nSPS) is 27.9. The van der Waals surface area contributed by atoms with Crippen LogP contribution < -0.4 is 5.32 Å². The van der Waals surface area contributed by atoms with Crippen molar-refractivity contribution >= 4 is 9.84 Å². The van der Waals surface area contributed by atoms with Crippen LogP contribution in [0.25, 0.3) is 0 Å². The van der Waals surface area contributed by atoms with Gasteiger partial charge in [-0.05, 0) is 44.1 Å². The Morgan fingerprint density at radius 3 is 2.40 bits per heavy atom. The van der Waals surface area contributed by atoms with Gasteiger partial charge in [-0.15, -0.1) is 0 Å². The fourth-order valence-electron chi connectivity index (χ4n) is 3.43. The largest absolute Gasteiger partial charge is 0.313 e. The molecular weight excluding hydrogens is 270 g/mol. The SMILES string of the molecule is CCCNC1CCC(CCC)CC1S(=O)(=O)CC(C)C. The Kier molecular flexibility index (Phi) is 7.52. The van der Waals surface area contributed by atoms with E-state index < -0.39 is 9.84 Å². The van der Waals surface area contributed by atoms with E-state index in [1.54, 1.807) is 0 Å². The van der Waals surface area contributed by atoms with Crippen molar-refractivity contribution in [2.45, 2.75) is 77.5 Å². The molecule has 3 unspecified atom stereocenters. The van der Waals surface area contributed by atoms with Crippen LogP contribution in [0.5, 0.6) is 0 Å². The van der Waals surface area contributed by atoms with E-state index in [0.717, 1.165) is 32.2 Å². The lowest BCUT2D eigenvalue weighted by Crippen LogP contribution is -2.49. The van der Waals surface area contributed by atoms with Gasteiger partial charge < -0.3 is 5.32 Å². The summed E-state index contributed by atoms with van der Waals surface area (Å²) in [5.41, 5.74) is 0. The molecule has 1 N–H and O–H groups in total. The second-order valence-corrected chi connectivity index (χ2v) is 9.05. The van der Waals surface area contributed by atoms with E-state index in [1.165, 1.54) is 12.8 Å². The molecule has 120 valence electrons. The highest BCUT2D eigenvalue weighted by Gasteiger charge is 2.38. The number of hydrogen-bond acceptors (Lipinski definition) is 3. The van der Waals surface area contributed by atoms with Gasteiger partial charge in [0.1, 0.15) is 0 Å². The zero-order valence-electron chi connectivity index (χ0n) is 13.7. The summed E-state index contributed by atoms with van der Waals surface area (Å²) >= 11 is 0. The second-order valence-electron chi connectivity index (χ2n) is 6.79. The summed E-state index contributed by atoms with van der Waals surface area (Å²) in [5, 5.41) is 3.32. The van der Waals surface area contributed by atoms with Crippen LogP contribution in [-0.4, -0.2) is 32.0 Å². The van der Waals surface area contributed by atoms with Gasteiger partial charge in [0, 0.05) is 6.04 Å². The minimum atomic E-state index is -2.98. The lowest BCUT2D eigenvalue weighted by Gasteiger charge is -2.36. The van der Waals surface area contributed by atoms with Gasteiger partial charge in [-0.25, -0.2) is 8.42 Å². The first kappa shape index (κ1) is 18.0. The standard InChI is InChI=1S/C16H33NO2S/c1-5-7-14-8-9-15(17-10-6-2)16(11-14)20(18,19)12-13(3)4/h13-17H,5-12H2,1-4H3. The highest BCUT2D eigenvalue weighted by Crippen LogP contribution is 2.32. The van der Waals surface area contributed by atoms with Crippen LogP contribution in [0, 0.1) is 11.8 Å². The molecule has 0 aromatic rings. The molecule has 0 aliphatic heterocycles. The molecule has 0 bridgehead atoms. The quantitative estimate of drug-likeness (QED) is 0.747. The third-order valence-electron chi connectivity index (χ3n) is 4.28. The minimum Gasteiger partial charge on any atom is -0.313 e. The molecule has 1 rings (SSSR count). The molecule has 0 amide bonds. The fourth-order valence-corrected chi connectivity index (χ4v) is 5.91. The van der Waals surface area contributed by atoms with Crippen LogP contribution in [0.4, 0.5) is 0 Å². The smallest absolute Gasteiger partial charge is 0.154 e. The van der Waals surface area contributed by atoms with Gasteiger partial charge >= 0.3 is 0 Å². The average molecular weight is 304 g/mol. The summed E-state index contributed by atoms with van der Waals surface area (Å²) in [6.07, 6.45) is 6.47. The van der Waals surface area contributed by atoms with Gasteiger partial charge in [0.2, 0.25) is 0 Å². The molecule has 1 aliphatic rings. The number of rotatable bonds is 8. The summed E-state index contributed by atoms with van der Waals surface area (Å²) in [7, 11) is -2.98. The van der Waals surface area contributed by atoms with Gasteiger partial charge in [-0.1, -0.05) is 40.5 Å². The summed E-state index contributed by atoms with van der Waals surface area (Å²) in [6, 6.07) is 0.173. The molecule has 3 nitrogen and oxygen atoms in total. The molecule has 1 fully saturated rings. The lowest BCUT2D eigenvalue weighted by atomic mass is 9.83. The van der Waals surface area contributed by atoms with Crippen molar-refractivity contribution in [2.75, 3.05) is 12.3 Å². The Hall–Kier alpha value is -0.0900. The van der Waals surface area contributed by atoms with E-state index in [2.05, 4.69) is 19.2 Å². The Labute approximate surface area is 125 Å². The number of hydrogen-bond donors (Lipinski definition) is 1. The average Bonchev–Trinajstić information content (AvgIpc) is 2.36. The van der Waals surface area contributed by atoms with Gasteiger partial charge in [0.05, 0.1) is 11.0 Å². The van der Waals surface area contributed by atoms with E-state index in [9.17, 15) is 8.42 Å². The molecule has 1 saturated carbocycles. The Morgan fingerprint density at radius 2 is 1.85 bits per heavy atom. The first-order valence-electron chi connectivity index (χ1n) is 8.35. The fraction of sp³-hybridized carbons (Fsp3) is 1.00. The molecule has 4 heteroatoms. The van der Waals surface area contributed by atoms with Crippen molar-refractivity contribution in [2.24, 2.45) is 11.8 Å². The molecule has 0 radical (unpaired) electrons. The maximum absolute atomic E-state index is 12.7. The maximum Gasteiger partial charge on any atom is 0.154 e. The monoisotopic (exact) mass is 303 g/mol. The molecule has 0 heterocycles. The van der Waals surface area contributed by atoms with Crippen molar-refractivity contribution < 1.29 is 8.42 Å². The highest BCUT2D eigenvalue weighted by molar-refractivity contribution is 7.92. The molecular formula is C16H33NO2S. The second kappa shape index (κ2) is 8.38. The molecule has 0 spiro atoms. The Morgan fingerprint density at radius 1 is 1.15 bits per heavy atom. The molecule has 0 aromatic heterocycles. The molecule has 0 aromatic carbocycles. The lowest BCUT2D eigenvalue weighted by molar-refractivity contribution is 0.279. The van der Waals surface area contributed by atoms with Crippen LogP contribution in [0.1, 0.15) is 66.2 Å². The summed E-state index contributed by atoms with van der Waals surface area (Å²) in [6.45, 7) is 9.25. The van der Waals surface area contributed by atoms with Crippen molar-refractivity contribution in [3.05, 3.63) is 0 Å². The van der Waals surface area contributed by atoms with E-state index in [4.69, 9.17) is 0 Å². The van der Waals surface area contributed by atoms with Crippen molar-refractivity contribution in [1.29, 1.82) is 0 Å². The van der Waals surface area contributed by atoms with E-state index >= 15 is 0 Å². The third-order valence-corrected chi connectivity index (χ3v) is 6.86. The van der Waals surface area contributed by atoms with Crippen LogP contribution in [-0.2, 0) is 9.84 Å². The van der Waals surface area contributed by atoms with Crippen LogP contribution >= 0.6 is 0 Å². The summed E-state index contributed by atoms with van der Waals surface area (Å²) < 4.78 is 25.4. The van der Waals surface area contributed by atoms with Gasteiger partial charge in [0.25, 0.3) is 0 Å². The van der Waals surface area contributed by atoms with Crippen molar-refractivity contribution in [3.63, 3.8) is 0 Å². The Balaban J connectivity index is 2.80.